The summed E-state index contributed by atoms with van der Waals surface area (Å²) in [6.45, 7) is 5.19. The van der Waals surface area contributed by atoms with Gasteiger partial charge in [0.25, 0.3) is 5.56 Å². The molecule has 0 saturated carbocycles. The summed E-state index contributed by atoms with van der Waals surface area (Å²) in [5, 5.41) is 3.86. The number of fused-ring (bicyclic) bond motifs is 1. The maximum atomic E-state index is 12.9. The van der Waals surface area contributed by atoms with Crippen molar-refractivity contribution in [3.05, 3.63) is 47.3 Å². The monoisotopic (exact) mass is 359 g/mol. The highest BCUT2D eigenvalue weighted by molar-refractivity contribution is 7.99. The predicted molar refractivity (Wildman–Crippen MR) is 98.9 cm³/mol. The average Bonchev–Trinajstić information content (AvgIpc) is 3.14. The first-order valence-corrected chi connectivity index (χ1v) is 9.29. The van der Waals surface area contributed by atoms with Gasteiger partial charge in [0.2, 0.25) is 5.91 Å². The molecular weight excluding hydrogens is 338 g/mol. The number of nitrogens with zero attached hydrogens (tertiary/aromatic N) is 2. The zero-order valence-electron chi connectivity index (χ0n) is 13.9. The molecule has 0 spiro atoms. The number of nitrogens with one attached hydrogen (secondary N) is 1. The maximum Gasteiger partial charge on any atom is 0.262 e. The molecule has 1 N–H and O–H groups in total. The number of para-hydroxylation sites is 1. The zero-order chi connectivity index (χ0) is 17.6. The van der Waals surface area contributed by atoms with Crippen LogP contribution >= 0.6 is 11.8 Å². The fraction of sp³-hybridized carbons (Fsp3) is 0.389. The highest BCUT2D eigenvalue weighted by atomic mass is 32.2. The number of thioether (sulfide) groups is 1. The van der Waals surface area contributed by atoms with Crippen molar-refractivity contribution < 1.29 is 9.53 Å². The first-order chi connectivity index (χ1) is 12.2. The van der Waals surface area contributed by atoms with Gasteiger partial charge >= 0.3 is 0 Å². The van der Waals surface area contributed by atoms with Crippen molar-refractivity contribution in [2.45, 2.75) is 30.6 Å². The van der Waals surface area contributed by atoms with Gasteiger partial charge in [0.05, 0.1) is 29.3 Å². The molecule has 1 aromatic carbocycles. The molecule has 1 aliphatic rings. The lowest BCUT2D eigenvalue weighted by atomic mass is 10.2. The van der Waals surface area contributed by atoms with E-state index < -0.39 is 0 Å². The summed E-state index contributed by atoms with van der Waals surface area (Å²) in [4.78, 5) is 29.4. The third kappa shape index (κ3) is 4.29. The number of amides is 1. The van der Waals surface area contributed by atoms with Crippen LogP contribution in [0.25, 0.3) is 10.9 Å². The van der Waals surface area contributed by atoms with E-state index in [2.05, 4.69) is 16.9 Å². The van der Waals surface area contributed by atoms with Crippen LogP contribution in [0.15, 0.2) is 46.9 Å². The van der Waals surface area contributed by atoms with Crippen LogP contribution in [-0.2, 0) is 16.1 Å². The summed E-state index contributed by atoms with van der Waals surface area (Å²) in [5.41, 5.74) is 0.556. The van der Waals surface area contributed by atoms with Crippen molar-refractivity contribution in [3.63, 3.8) is 0 Å². The number of ether oxygens (including phenoxy) is 1. The van der Waals surface area contributed by atoms with E-state index in [1.54, 1.807) is 16.7 Å². The minimum absolute atomic E-state index is 0.0228. The minimum Gasteiger partial charge on any atom is -0.376 e. The fourth-order valence-corrected chi connectivity index (χ4v) is 3.62. The Morgan fingerprint density at radius 2 is 2.32 bits per heavy atom. The number of carbonyl (C=O) groups is 1. The van der Waals surface area contributed by atoms with E-state index in [4.69, 9.17) is 4.74 Å². The third-order valence-corrected chi connectivity index (χ3v) is 4.99. The van der Waals surface area contributed by atoms with Gasteiger partial charge in [0, 0.05) is 13.2 Å². The molecule has 3 rings (SSSR count). The molecule has 1 amide bonds. The summed E-state index contributed by atoms with van der Waals surface area (Å²) in [6.07, 6.45) is 3.59. The first kappa shape index (κ1) is 17.7. The lowest BCUT2D eigenvalue weighted by Gasteiger charge is -2.16. The normalized spacial score (nSPS) is 16.9. The second kappa shape index (κ2) is 8.31. The number of carbonyl (C=O) groups excluding carboxylic acids is 1. The van der Waals surface area contributed by atoms with Crippen molar-refractivity contribution in [2.24, 2.45) is 0 Å². The van der Waals surface area contributed by atoms with E-state index in [0.717, 1.165) is 19.4 Å². The Hall–Kier alpha value is -2.12. The van der Waals surface area contributed by atoms with Crippen molar-refractivity contribution in [1.29, 1.82) is 0 Å². The highest BCUT2D eigenvalue weighted by Gasteiger charge is 2.20. The van der Waals surface area contributed by atoms with Crippen LogP contribution in [0.3, 0.4) is 0 Å². The van der Waals surface area contributed by atoms with E-state index in [1.165, 1.54) is 11.8 Å². The van der Waals surface area contributed by atoms with Crippen LogP contribution in [0.1, 0.15) is 12.8 Å². The van der Waals surface area contributed by atoms with Crippen LogP contribution in [0.5, 0.6) is 0 Å². The smallest absolute Gasteiger partial charge is 0.262 e. The number of hydrogen-bond donors (Lipinski definition) is 1. The van der Waals surface area contributed by atoms with E-state index in [1.807, 2.05) is 18.2 Å². The molecule has 2 aromatic rings. The molecule has 0 unspecified atom stereocenters. The Labute approximate surface area is 150 Å². The predicted octanol–water partition coefficient (Wildman–Crippen LogP) is 1.97. The molecule has 0 bridgehead atoms. The number of rotatable bonds is 7. The number of benzene rings is 1. The molecule has 7 heteroatoms. The standard InChI is InChI=1S/C18H21N3O3S/c1-2-9-19-16(22)12-25-18-20-15-8-4-3-7-14(15)17(23)21(18)11-13-6-5-10-24-13/h2-4,7-8,13H,1,5-6,9-12H2,(H,19,22)/t13-/m1/s1. The van der Waals surface area contributed by atoms with Gasteiger partial charge in [-0.2, -0.15) is 0 Å². The Morgan fingerprint density at radius 3 is 3.08 bits per heavy atom. The summed E-state index contributed by atoms with van der Waals surface area (Å²) < 4.78 is 7.31. The number of hydrogen-bond acceptors (Lipinski definition) is 5. The second-order valence-electron chi connectivity index (χ2n) is 5.84. The molecule has 1 aliphatic heterocycles. The van der Waals surface area contributed by atoms with Crippen LogP contribution in [0.4, 0.5) is 0 Å². The Balaban J connectivity index is 1.89. The van der Waals surface area contributed by atoms with E-state index in [0.29, 0.717) is 29.1 Å². The van der Waals surface area contributed by atoms with Crippen LogP contribution in [-0.4, -0.2) is 40.5 Å². The fourth-order valence-electron chi connectivity index (χ4n) is 2.78. The molecule has 1 saturated heterocycles. The summed E-state index contributed by atoms with van der Waals surface area (Å²) >= 11 is 1.27. The number of aromatic nitrogens is 2. The van der Waals surface area contributed by atoms with Gasteiger partial charge in [0.1, 0.15) is 0 Å². The van der Waals surface area contributed by atoms with Crippen molar-refractivity contribution in [1.82, 2.24) is 14.9 Å². The lowest BCUT2D eigenvalue weighted by Crippen LogP contribution is -2.30. The van der Waals surface area contributed by atoms with Gasteiger partial charge < -0.3 is 10.1 Å². The van der Waals surface area contributed by atoms with Crippen LogP contribution in [0, 0.1) is 0 Å². The van der Waals surface area contributed by atoms with Gasteiger partial charge in [-0.15, -0.1) is 6.58 Å². The van der Waals surface area contributed by atoms with Gasteiger partial charge in [-0.25, -0.2) is 4.98 Å². The molecular formula is C18H21N3O3S. The quantitative estimate of drug-likeness (QED) is 0.465. The lowest BCUT2D eigenvalue weighted by molar-refractivity contribution is -0.118. The highest BCUT2D eigenvalue weighted by Crippen LogP contribution is 2.20. The summed E-state index contributed by atoms with van der Waals surface area (Å²) in [7, 11) is 0. The molecule has 25 heavy (non-hydrogen) atoms. The van der Waals surface area contributed by atoms with Crippen molar-refractivity contribution in [2.75, 3.05) is 18.9 Å². The molecule has 0 radical (unpaired) electrons. The molecule has 2 heterocycles. The van der Waals surface area contributed by atoms with Gasteiger partial charge in [-0.3, -0.25) is 14.2 Å². The molecule has 6 nitrogen and oxygen atoms in total. The SMILES string of the molecule is C=CCNC(=O)CSc1nc2ccccc2c(=O)n1C[C@H]1CCCO1. The Bertz CT molecular complexity index is 828. The van der Waals surface area contributed by atoms with Gasteiger partial charge in [-0.05, 0) is 25.0 Å². The third-order valence-electron chi connectivity index (χ3n) is 4.01. The van der Waals surface area contributed by atoms with Gasteiger partial charge in [-0.1, -0.05) is 30.0 Å². The molecule has 1 atom stereocenters. The average molecular weight is 359 g/mol. The topological polar surface area (TPSA) is 73.2 Å². The van der Waals surface area contributed by atoms with Gasteiger partial charge in [0.15, 0.2) is 5.16 Å². The van der Waals surface area contributed by atoms with E-state index >= 15 is 0 Å². The first-order valence-electron chi connectivity index (χ1n) is 8.30. The Morgan fingerprint density at radius 1 is 1.48 bits per heavy atom. The zero-order valence-corrected chi connectivity index (χ0v) is 14.8. The largest absolute Gasteiger partial charge is 0.376 e. The van der Waals surface area contributed by atoms with Crippen LogP contribution < -0.4 is 10.9 Å². The van der Waals surface area contributed by atoms with Crippen molar-refractivity contribution >= 4 is 28.6 Å². The molecule has 1 fully saturated rings. The Kier molecular flexibility index (Phi) is 5.88. The van der Waals surface area contributed by atoms with Crippen LogP contribution in [0.2, 0.25) is 0 Å². The molecule has 1 aromatic heterocycles. The summed E-state index contributed by atoms with van der Waals surface area (Å²) in [6, 6.07) is 7.28. The molecule has 132 valence electrons. The van der Waals surface area contributed by atoms with E-state index in [-0.39, 0.29) is 23.3 Å². The minimum atomic E-state index is -0.115. The summed E-state index contributed by atoms with van der Waals surface area (Å²) in [5.74, 6) is 0.0837. The van der Waals surface area contributed by atoms with E-state index in [9.17, 15) is 9.59 Å². The second-order valence-corrected chi connectivity index (χ2v) is 6.79. The maximum absolute atomic E-state index is 12.9. The molecule has 0 aliphatic carbocycles. The van der Waals surface area contributed by atoms with Crippen molar-refractivity contribution in [3.8, 4) is 0 Å².